The Bertz CT molecular complexity index is 790. The van der Waals surface area contributed by atoms with Crippen LogP contribution in [0.2, 0.25) is 0 Å². The number of hydrogen-bond acceptors (Lipinski definition) is 5. The second-order valence-corrected chi connectivity index (χ2v) is 10.0. The molecule has 0 N–H and O–H groups in total. The molecule has 3 rings (SSSR count). The van der Waals surface area contributed by atoms with Crippen molar-refractivity contribution in [3.05, 3.63) is 29.8 Å². The van der Waals surface area contributed by atoms with Crippen LogP contribution in [0.15, 0.2) is 29.3 Å². The fourth-order valence-electron chi connectivity index (χ4n) is 3.24. The van der Waals surface area contributed by atoms with Gasteiger partial charge in [0.2, 0.25) is 5.91 Å². The predicted octanol–water partition coefficient (Wildman–Crippen LogP) is 2.48. The first-order chi connectivity index (χ1) is 12.4. The molecule has 6 nitrogen and oxygen atoms in total. The van der Waals surface area contributed by atoms with E-state index in [1.54, 1.807) is 7.11 Å². The van der Waals surface area contributed by atoms with Gasteiger partial charge in [-0.25, -0.2) is 8.42 Å². The number of amides is 1. The minimum absolute atomic E-state index is 0.0454. The van der Waals surface area contributed by atoms with Gasteiger partial charge in [0.25, 0.3) is 0 Å². The number of aliphatic imine (C=N–C) groups is 1. The lowest BCUT2D eigenvalue weighted by molar-refractivity contribution is -0.117. The number of amidine groups is 1. The van der Waals surface area contributed by atoms with Crippen molar-refractivity contribution in [2.45, 2.75) is 44.0 Å². The summed E-state index contributed by atoms with van der Waals surface area (Å²) in [6.07, 6.45) is 2.20. The molecule has 0 spiro atoms. The molecule has 142 valence electrons. The fourth-order valence-corrected chi connectivity index (χ4v) is 7.21. The lowest BCUT2D eigenvalue weighted by Crippen LogP contribution is -2.37. The van der Waals surface area contributed by atoms with E-state index in [0.717, 1.165) is 24.2 Å². The molecule has 2 aliphatic heterocycles. The number of sulfone groups is 1. The van der Waals surface area contributed by atoms with Crippen LogP contribution in [0.3, 0.4) is 0 Å². The summed E-state index contributed by atoms with van der Waals surface area (Å²) in [7, 11) is -1.41. The van der Waals surface area contributed by atoms with E-state index in [4.69, 9.17) is 4.74 Å². The summed E-state index contributed by atoms with van der Waals surface area (Å²) in [6, 6.07) is 7.55. The zero-order valence-electron chi connectivity index (χ0n) is 15.1. The number of methoxy groups -OCH3 is 1. The third kappa shape index (κ3) is 4.40. The van der Waals surface area contributed by atoms with Crippen molar-refractivity contribution in [1.29, 1.82) is 0 Å². The van der Waals surface area contributed by atoms with Gasteiger partial charge in [-0.1, -0.05) is 37.2 Å². The third-order valence-electron chi connectivity index (χ3n) is 4.65. The highest BCUT2D eigenvalue weighted by Crippen LogP contribution is 2.39. The molecule has 2 fully saturated rings. The normalized spacial score (nSPS) is 25.5. The van der Waals surface area contributed by atoms with Crippen LogP contribution >= 0.6 is 11.8 Å². The molecule has 2 atom stereocenters. The largest absolute Gasteiger partial charge is 0.497 e. The summed E-state index contributed by atoms with van der Waals surface area (Å²) >= 11 is 1.43. The van der Waals surface area contributed by atoms with Crippen molar-refractivity contribution < 1.29 is 17.9 Å². The van der Waals surface area contributed by atoms with E-state index < -0.39 is 9.84 Å². The lowest BCUT2D eigenvalue weighted by Gasteiger charge is -2.24. The average molecular weight is 397 g/mol. The van der Waals surface area contributed by atoms with Crippen molar-refractivity contribution >= 4 is 32.7 Å². The molecule has 0 bridgehead atoms. The van der Waals surface area contributed by atoms with Crippen molar-refractivity contribution in [1.82, 2.24) is 4.90 Å². The number of carbonyl (C=O) groups is 1. The van der Waals surface area contributed by atoms with Gasteiger partial charge in [-0.05, 0) is 24.1 Å². The molecule has 0 aromatic heterocycles. The van der Waals surface area contributed by atoms with E-state index in [2.05, 4.69) is 4.99 Å². The van der Waals surface area contributed by atoms with Crippen molar-refractivity contribution in [3.63, 3.8) is 0 Å². The Morgan fingerprint density at radius 1 is 1.31 bits per heavy atom. The lowest BCUT2D eigenvalue weighted by atomic mass is 10.1. The van der Waals surface area contributed by atoms with Gasteiger partial charge in [-0.2, -0.15) is 4.99 Å². The Kier molecular flexibility index (Phi) is 5.92. The van der Waals surface area contributed by atoms with Crippen molar-refractivity contribution in [3.8, 4) is 5.75 Å². The maximum absolute atomic E-state index is 12.1. The van der Waals surface area contributed by atoms with Crippen LogP contribution in [0.5, 0.6) is 5.75 Å². The number of unbranched alkanes of at least 4 members (excludes halogenated alkanes) is 1. The number of fused-ring (bicyclic) bond motifs is 1. The monoisotopic (exact) mass is 396 g/mol. The minimum Gasteiger partial charge on any atom is -0.497 e. The van der Waals surface area contributed by atoms with Crippen LogP contribution in [0, 0.1) is 0 Å². The molecule has 2 saturated heterocycles. The Morgan fingerprint density at radius 2 is 2.04 bits per heavy atom. The van der Waals surface area contributed by atoms with E-state index in [0.29, 0.717) is 18.1 Å². The molecular formula is C18H24N2O4S2. The van der Waals surface area contributed by atoms with Gasteiger partial charge >= 0.3 is 0 Å². The van der Waals surface area contributed by atoms with Crippen LogP contribution in [0.1, 0.15) is 31.7 Å². The number of ether oxygens (including phenoxy) is 1. The fraction of sp³-hybridized carbons (Fsp3) is 0.556. The number of benzene rings is 1. The smallest absolute Gasteiger partial charge is 0.248 e. The zero-order chi connectivity index (χ0) is 18.7. The summed E-state index contributed by atoms with van der Waals surface area (Å²) in [5, 5.41) is 0.614. The van der Waals surface area contributed by atoms with Gasteiger partial charge in [0.1, 0.15) is 5.75 Å². The topological polar surface area (TPSA) is 76.0 Å². The summed E-state index contributed by atoms with van der Waals surface area (Å²) in [6.45, 7) is 2.57. The second-order valence-electron chi connectivity index (χ2n) is 6.67. The third-order valence-corrected chi connectivity index (χ3v) is 7.90. The molecule has 2 unspecified atom stereocenters. The van der Waals surface area contributed by atoms with Gasteiger partial charge in [0, 0.05) is 18.2 Å². The maximum atomic E-state index is 12.1. The summed E-state index contributed by atoms with van der Waals surface area (Å²) in [5.74, 6) is 0.929. The molecule has 2 aliphatic rings. The van der Waals surface area contributed by atoms with Crippen LogP contribution < -0.4 is 4.74 Å². The maximum Gasteiger partial charge on any atom is 0.248 e. The van der Waals surface area contributed by atoms with E-state index in [1.807, 2.05) is 36.1 Å². The Hall–Kier alpha value is -1.54. The summed E-state index contributed by atoms with van der Waals surface area (Å²) in [4.78, 5) is 18.4. The van der Waals surface area contributed by atoms with E-state index >= 15 is 0 Å². The molecule has 8 heteroatoms. The van der Waals surface area contributed by atoms with Gasteiger partial charge in [-0.3, -0.25) is 4.79 Å². The minimum atomic E-state index is -3.03. The Balaban J connectivity index is 1.82. The highest BCUT2D eigenvalue weighted by atomic mass is 32.2. The number of carbonyl (C=O) groups excluding carboxylic acids is 1. The van der Waals surface area contributed by atoms with E-state index in [1.165, 1.54) is 11.8 Å². The average Bonchev–Trinajstić information content (AvgIpc) is 3.06. The number of hydrogen-bond donors (Lipinski definition) is 0. The molecule has 1 aromatic rings. The first-order valence-corrected chi connectivity index (χ1v) is 11.5. The molecular weight excluding hydrogens is 372 g/mol. The molecule has 26 heavy (non-hydrogen) atoms. The molecule has 1 aromatic carbocycles. The standard InChI is InChI=1S/C18H24N2O4S2/c1-3-4-5-17(21)19-18-20(10-13-6-8-14(24-2)9-7-13)15-11-26(22,23)12-16(15)25-18/h6-9,15-16H,3-5,10-12H2,1-2H3. The van der Waals surface area contributed by atoms with Crippen LogP contribution in [0.4, 0.5) is 0 Å². The first-order valence-electron chi connectivity index (χ1n) is 8.80. The molecule has 1 amide bonds. The highest BCUT2D eigenvalue weighted by Gasteiger charge is 2.48. The quantitative estimate of drug-likeness (QED) is 0.735. The summed E-state index contributed by atoms with van der Waals surface area (Å²) in [5.41, 5.74) is 1.03. The predicted molar refractivity (Wildman–Crippen MR) is 104 cm³/mol. The number of thioether (sulfide) groups is 1. The molecule has 2 heterocycles. The summed E-state index contributed by atoms with van der Waals surface area (Å²) < 4.78 is 29.2. The Labute approximate surface area is 158 Å². The van der Waals surface area contributed by atoms with Crippen molar-refractivity contribution in [2.75, 3.05) is 18.6 Å². The number of rotatable bonds is 6. The first kappa shape index (κ1) is 19.2. The van der Waals surface area contributed by atoms with E-state index in [9.17, 15) is 13.2 Å². The van der Waals surface area contributed by atoms with E-state index in [-0.39, 0.29) is 28.7 Å². The number of nitrogens with zero attached hydrogens (tertiary/aromatic N) is 2. The van der Waals surface area contributed by atoms with Gasteiger partial charge < -0.3 is 9.64 Å². The molecule has 0 aliphatic carbocycles. The SMILES string of the molecule is CCCCC(=O)N=C1SC2CS(=O)(=O)CC2N1Cc1ccc(OC)cc1. The van der Waals surface area contributed by atoms with Gasteiger partial charge in [0.15, 0.2) is 15.0 Å². The van der Waals surface area contributed by atoms with Crippen LogP contribution in [0.25, 0.3) is 0 Å². The Morgan fingerprint density at radius 3 is 2.69 bits per heavy atom. The van der Waals surface area contributed by atoms with Crippen LogP contribution in [-0.4, -0.2) is 54.3 Å². The second kappa shape index (κ2) is 8.00. The highest BCUT2D eigenvalue weighted by molar-refractivity contribution is 8.15. The van der Waals surface area contributed by atoms with Crippen LogP contribution in [-0.2, 0) is 21.2 Å². The van der Waals surface area contributed by atoms with Gasteiger partial charge in [0.05, 0.1) is 24.7 Å². The van der Waals surface area contributed by atoms with Crippen molar-refractivity contribution in [2.24, 2.45) is 4.99 Å². The molecule has 0 saturated carbocycles. The van der Waals surface area contributed by atoms with Gasteiger partial charge in [-0.15, -0.1) is 0 Å². The zero-order valence-corrected chi connectivity index (χ0v) is 16.7. The molecule has 0 radical (unpaired) electrons.